The fraction of sp³-hybridized carbons (Fsp3) is 0.391. The Balaban J connectivity index is 1.44. The minimum absolute atomic E-state index is 0.467. The van der Waals surface area contributed by atoms with Gasteiger partial charge in [0.1, 0.15) is 11.5 Å². The van der Waals surface area contributed by atoms with Crippen LogP contribution in [0.1, 0.15) is 18.4 Å². The highest BCUT2D eigenvalue weighted by Gasteiger charge is 2.48. The molecule has 0 unspecified atom stereocenters. The Bertz CT molecular complexity index is 1090. The van der Waals surface area contributed by atoms with E-state index in [1.54, 1.807) is 14.2 Å². The number of anilines is 1. The number of aromatic nitrogens is 2. The molecule has 0 bridgehead atoms. The molecule has 156 valence electrons. The Kier molecular flexibility index (Phi) is 4.71. The topological polar surface area (TPSA) is 68.3 Å². The summed E-state index contributed by atoms with van der Waals surface area (Å²) in [5.41, 5.74) is 4.26. The largest absolute Gasteiger partial charge is 0.496 e. The molecule has 3 aromatic rings. The van der Waals surface area contributed by atoms with Crippen LogP contribution in [0, 0.1) is 12.3 Å². The van der Waals surface area contributed by atoms with Gasteiger partial charge >= 0.3 is 0 Å². The van der Waals surface area contributed by atoms with Gasteiger partial charge in [-0.15, -0.1) is 0 Å². The normalized spacial score (nSPS) is 17.5. The molecule has 2 aliphatic rings. The lowest BCUT2D eigenvalue weighted by molar-refractivity contribution is 0.0468. The zero-order valence-corrected chi connectivity index (χ0v) is 18.1. The van der Waals surface area contributed by atoms with Crippen molar-refractivity contribution < 1.29 is 9.47 Å². The van der Waals surface area contributed by atoms with E-state index in [1.165, 1.54) is 12.8 Å². The fourth-order valence-corrected chi connectivity index (χ4v) is 5.08. The van der Waals surface area contributed by atoms with Crippen LogP contribution < -0.4 is 20.1 Å². The molecule has 1 saturated carbocycles. The highest BCUT2D eigenvalue weighted by Crippen LogP contribution is 2.45. The molecule has 2 aromatic carbocycles. The van der Waals surface area contributed by atoms with Crippen LogP contribution in [0.25, 0.3) is 22.0 Å². The fourth-order valence-electron chi connectivity index (χ4n) is 4.70. The number of hydrogen-bond acceptors (Lipinski definition) is 6. The zero-order valence-electron chi connectivity index (χ0n) is 17.4. The summed E-state index contributed by atoms with van der Waals surface area (Å²) in [5.74, 6) is 2.02. The van der Waals surface area contributed by atoms with Crippen LogP contribution in [0.4, 0.5) is 5.95 Å². The molecular weight excluding hydrogens is 400 g/mol. The first-order chi connectivity index (χ1) is 14.5. The van der Waals surface area contributed by atoms with Crippen molar-refractivity contribution in [1.82, 2.24) is 15.3 Å². The Labute approximate surface area is 181 Å². The second-order valence-electron chi connectivity index (χ2n) is 8.42. The van der Waals surface area contributed by atoms with Gasteiger partial charge in [-0.1, -0.05) is 17.7 Å². The van der Waals surface area contributed by atoms with E-state index in [2.05, 4.69) is 21.7 Å². The number of fused-ring (bicyclic) bond motifs is 1. The molecule has 5 rings (SSSR count). The van der Waals surface area contributed by atoms with Crippen LogP contribution in [0.15, 0.2) is 30.5 Å². The Morgan fingerprint density at radius 3 is 2.57 bits per heavy atom. The number of ether oxygens (including phenoxy) is 2. The predicted octanol–water partition coefficient (Wildman–Crippen LogP) is 4.44. The number of nitrogens with zero attached hydrogens (tertiary/aromatic N) is 2. The second kappa shape index (κ2) is 7.29. The minimum atomic E-state index is 0.467. The van der Waals surface area contributed by atoms with Gasteiger partial charge in [-0.3, -0.25) is 0 Å². The average molecular weight is 425 g/mol. The maximum Gasteiger partial charge on any atom is 0.223 e. The molecule has 1 saturated heterocycles. The number of rotatable bonds is 5. The van der Waals surface area contributed by atoms with Crippen molar-refractivity contribution >= 4 is 28.5 Å². The van der Waals surface area contributed by atoms with E-state index < -0.39 is 0 Å². The van der Waals surface area contributed by atoms with E-state index >= 15 is 0 Å². The first-order valence-corrected chi connectivity index (χ1v) is 10.6. The molecule has 30 heavy (non-hydrogen) atoms. The molecule has 2 N–H and O–H groups in total. The molecule has 7 heteroatoms. The van der Waals surface area contributed by atoms with Crippen molar-refractivity contribution in [3.63, 3.8) is 0 Å². The molecule has 2 fully saturated rings. The van der Waals surface area contributed by atoms with Crippen molar-refractivity contribution in [3.05, 3.63) is 41.0 Å². The number of hydrogen-bond donors (Lipinski definition) is 2. The van der Waals surface area contributed by atoms with Gasteiger partial charge in [-0.25, -0.2) is 9.97 Å². The van der Waals surface area contributed by atoms with Crippen LogP contribution in [0.3, 0.4) is 0 Å². The maximum absolute atomic E-state index is 6.65. The Morgan fingerprint density at radius 1 is 1.13 bits per heavy atom. The molecular formula is C23H25ClN4O2. The quantitative estimate of drug-likeness (QED) is 0.631. The zero-order chi connectivity index (χ0) is 20.9. The van der Waals surface area contributed by atoms with Crippen LogP contribution in [-0.2, 0) is 0 Å². The third-order valence-corrected chi connectivity index (χ3v) is 6.82. The van der Waals surface area contributed by atoms with Crippen LogP contribution in [-0.4, -0.2) is 43.3 Å². The second-order valence-corrected chi connectivity index (χ2v) is 8.79. The number of methoxy groups -OCH3 is 2. The van der Waals surface area contributed by atoms with Crippen LogP contribution >= 0.6 is 11.6 Å². The monoisotopic (exact) mass is 424 g/mol. The third-order valence-electron chi connectivity index (χ3n) is 6.44. The van der Waals surface area contributed by atoms with Gasteiger partial charge in [0.05, 0.1) is 24.8 Å². The molecule has 2 heterocycles. The summed E-state index contributed by atoms with van der Waals surface area (Å²) in [6.07, 6.45) is 4.25. The van der Waals surface area contributed by atoms with E-state index in [0.717, 1.165) is 46.4 Å². The molecule has 0 amide bonds. The average Bonchev–Trinajstić information content (AvgIpc) is 2.69. The van der Waals surface area contributed by atoms with Crippen molar-refractivity contribution in [1.29, 1.82) is 0 Å². The molecule has 0 atom stereocenters. The van der Waals surface area contributed by atoms with Crippen molar-refractivity contribution in [2.24, 2.45) is 5.41 Å². The van der Waals surface area contributed by atoms with Crippen LogP contribution in [0.2, 0.25) is 5.02 Å². The molecule has 0 radical (unpaired) electrons. The summed E-state index contributed by atoms with van der Waals surface area (Å²) >= 11 is 6.65. The van der Waals surface area contributed by atoms with Gasteiger partial charge in [0.25, 0.3) is 0 Å². The van der Waals surface area contributed by atoms with Crippen molar-refractivity contribution in [3.8, 4) is 22.6 Å². The van der Waals surface area contributed by atoms with E-state index in [9.17, 15) is 0 Å². The standard InChI is InChI=1S/C23H25ClN4O2/c1-13-18(29-2)7-19(30-3)21(24)20(13)14-4-5-17-15(6-14)10-26-22(28-17)27-16-8-23(9-16)11-25-12-23/h4-7,10,16,25H,8-9,11-12H2,1-3H3,(H,26,27,28). The molecule has 1 aromatic heterocycles. The predicted molar refractivity (Wildman–Crippen MR) is 120 cm³/mol. The highest BCUT2D eigenvalue weighted by atomic mass is 35.5. The lowest BCUT2D eigenvalue weighted by atomic mass is 9.62. The van der Waals surface area contributed by atoms with E-state index in [1.807, 2.05) is 31.3 Å². The minimum Gasteiger partial charge on any atom is -0.496 e. The van der Waals surface area contributed by atoms with Gasteiger partial charge in [-0.05, 0) is 42.9 Å². The number of nitrogens with one attached hydrogen (secondary N) is 2. The van der Waals surface area contributed by atoms with E-state index in [0.29, 0.717) is 28.2 Å². The van der Waals surface area contributed by atoms with Gasteiger partial charge in [0, 0.05) is 47.9 Å². The highest BCUT2D eigenvalue weighted by molar-refractivity contribution is 6.35. The summed E-state index contributed by atoms with van der Waals surface area (Å²) in [6.45, 7) is 4.28. The number of benzene rings is 2. The summed E-state index contributed by atoms with van der Waals surface area (Å²) < 4.78 is 11.0. The van der Waals surface area contributed by atoms with E-state index in [4.69, 9.17) is 26.1 Å². The van der Waals surface area contributed by atoms with Gasteiger partial charge in [0.15, 0.2) is 0 Å². The first-order valence-electron chi connectivity index (χ1n) is 10.2. The molecule has 6 nitrogen and oxygen atoms in total. The SMILES string of the molecule is COc1cc(OC)c(Cl)c(-c2ccc3nc(NC4CC5(CNC5)C4)ncc3c2)c1C. The Morgan fingerprint density at radius 2 is 1.90 bits per heavy atom. The van der Waals surface area contributed by atoms with Gasteiger partial charge < -0.3 is 20.1 Å². The first kappa shape index (κ1) is 19.4. The summed E-state index contributed by atoms with van der Waals surface area (Å²) in [4.78, 5) is 9.26. The van der Waals surface area contributed by atoms with Crippen molar-refractivity contribution in [2.45, 2.75) is 25.8 Å². The van der Waals surface area contributed by atoms with Gasteiger partial charge in [-0.2, -0.15) is 0 Å². The van der Waals surface area contributed by atoms with E-state index in [-0.39, 0.29) is 0 Å². The summed E-state index contributed by atoms with van der Waals surface area (Å²) in [6, 6.07) is 8.38. The molecule has 1 aliphatic carbocycles. The Hall–Kier alpha value is -2.57. The van der Waals surface area contributed by atoms with Gasteiger partial charge in [0.2, 0.25) is 5.95 Å². The molecule has 1 aliphatic heterocycles. The maximum atomic E-state index is 6.65. The van der Waals surface area contributed by atoms with Crippen molar-refractivity contribution in [2.75, 3.05) is 32.6 Å². The number of halogens is 1. The summed E-state index contributed by atoms with van der Waals surface area (Å²) in [7, 11) is 3.25. The lowest BCUT2D eigenvalue weighted by Gasteiger charge is -2.54. The van der Waals surface area contributed by atoms with Crippen LogP contribution in [0.5, 0.6) is 11.5 Å². The lowest BCUT2D eigenvalue weighted by Crippen LogP contribution is -2.63. The third kappa shape index (κ3) is 3.15. The smallest absolute Gasteiger partial charge is 0.223 e. The summed E-state index contributed by atoms with van der Waals surface area (Å²) in [5, 5.41) is 8.38. The molecule has 1 spiro atoms.